The minimum absolute atomic E-state index is 0.0755. The summed E-state index contributed by atoms with van der Waals surface area (Å²) < 4.78 is 5.57. The van der Waals surface area contributed by atoms with Gasteiger partial charge in [-0.05, 0) is 18.1 Å². The summed E-state index contributed by atoms with van der Waals surface area (Å²) in [6.45, 7) is 2.61. The van der Waals surface area contributed by atoms with Crippen molar-refractivity contribution in [3.05, 3.63) is 29.8 Å². The second-order valence-corrected chi connectivity index (χ2v) is 4.45. The summed E-state index contributed by atoms with van der Waals surface area (Å²) in [7, 11) is 0. The Balaban J connectivity index is 2.60. The van der Waals surface area contributed by atoms with Gasteiger partial charge in [0.25, 0.3) is 5.91 Å². The van der Waals surface area contributed by atoms with Crippen LogP contribution in [-0.2, 0) is 11.2 Å². The van der Waals surface area contributed by atoms with E-state index in [1.54, 1.807) is 0 Å². The number of carbonyl (C=O) groups excluding carboxylic acids is 1. The average Bonchev–Trinajstić information content (AvgIpc) is 2.53. The third kappa shape index (κ3) is 5.54. The Morgan fingerprint density at radius 3 is 2.38 bits per heavy atom. The Morgan fingerprint density at radius 1 is 1.19 bits per heavy atom. The molecule has 21 heavy (non-hydrogen) atoms. The molecule has 0 saturated carbocycles. The quantitative estimate of drug-likeness (QED) is 0.734. The summed E-state index contributed by atoms with van der Waals surface area (Å²) >= 11 is 0. The number of carbonyl (C=O) groups is 1. The molecule has 0 aliphatic rings. The molecule has 0 heterocycles. The highest BCUT2D eigenvalue weighted by Gasteiger charge is 2.14. The largest absolute Gasteiger partial charge is 0.483 e. The molecule has 1 rings (SSSR count). The van der Waals surface area contributed by atoms with E-state index in [9.17, 15) is 4.79 Å². The van der Waals surface area contributed by atoms with Crippen LogP contribution >= 0.6 is 0 Å². The van der Waals surface area contributed by atoms with Crippen molar-refractivity contribution in [2.24, 2.45) is 0 Å². The number of nitriles is 2. The number of para-hydroxylation sites is 1. The molecule has 0 N–H and O–H groups in total. The van der Waals surface area contributed by atoms with Gasteiger partial charge in [0.05, 0.1) is 25.0 Å². The van der Waals surface area contributed by atoms with E-state index in [0.717, 1.165) is 12.0 Å². The van der Waals surface area contributed by atoms with Gasteiger partial charge in [0.2, 0.25) is 0 Å². The normalized spacial score (nSPS) is 9.48. The first-order chi connectivity index (χ1) is 10.2. The van der Waals surface area contributed by atoms with Crippen LogP contribution in [0.15, 0.2) is 24.3 Å². The van der Waals surface area contributed by atoms with Crippen LogP contribution in [0.4, 0.5) is 0 Å². The molecule has 0 aliphatic heterocycles. The molecule has 5 nitrogen and oxygen atoms in total. The molecule has 0 atom stereocenters. The van der Waals surface area contributed by atoms with E-state index in [4.69, 9.17) is 15.3 Å². The van der Waals surface area contributed by atoms with Crippen LogP contribution in [0, 0.1) is 22.7 Å². The summed E-state index contributed by atoms with van der Waals surface area (Å²) in [6, 6.07) is 11.6. The Hall–Kier alpha value is -2.53. The Kier molecular flexibility index (Phi) is 7.39. The van der Waals surface area contributed by atoms with Crippen LogP contribution in [0.2, 0.25) is 0 Å². The van der Waals surface area contributed by atoms with E-state index in [1.165, 1.54) is 4.90 Å². The Morgan fingerprint density at radius 2 is 1.81 bits per heavy atom. The van der Waals surface area contributed by atoms with Crippen LogP contribution in [0.5, 0.6) is 5.75 Å². The fourth-order valence-electron chi connectivity index (χ4n) is 1.90. The zero-order valence-electron chi connectivity index (χ0n) is 12.2. The molecular formula is C16H19N3O2. The zero-order valence-corrected chi connectivity index (χ0v) is 12.2. The van der Waals surface area contributed by atoms with Crippen molar-refractivity contribution in [3.8, 4) is 17.9 Å². The van der Waals surface area contributed by atoms with E-state index in [1.807, 2.05) is 43.3 Å². The van der Waals surface area contributed by atoms with Gasteiger partial charge in [0.15, 0.2) is 6.61 Å². The first-order valence-electron chi connectivity index (χ1n) is 6.95. The molecule has 110 valence electrons. The van der Waals surface area contributed by atoms with Crippen molar-refractivity contribution < 1.29 is 9.53 Å². The molecule has 1 amide bonds. The maximum Gasteiger partial charge on any atom is 0.260 e. The molecule has 1 aromatic carbocycles. The number of hydrogen-bond donors (Lipinski definition) is 0. The molecule has 0 unspecified atom stereocenters. The molecule has 0 spiro atoms. The van der Waals surface area contributed by atoms with E-state index in [-0.39, 0.29) is 25.4 Å². The Bertz CT molecular complexity index is 525. The lowest BCUT2D eigenvalue weighted by Gasteiger charge is -2.20. The van der Waals surface area contributed by atoms with E-state index in [2.05, 4.69) is 0 Å². The van der Waals surface area contributed by atoms with Crippen molar-refractivity contribution in [3.63, 3.8) is 0 Å². The number of nitrogens with zero attached hydrogens (tertiary/aromatic N) is 3. The molecular weight excluding hydrogens is 266 g/mol. The van der Waals surface area contributed by atoms with Crippen molar-refractivity contribution in [2.45, 2.75) is 26.2 Å². The molecule has 0 bridgehead atoms. The monoisotopic (exact) mass is 285 g/mol. The number of amides is 1. The summed E-state index contributed by atoms with van der Waals surface area (Å²) in [5.74, 6) is 0.500. The van der Waals surface area contributed by atoms with E-state index in [0.29, 0.717) is 18.8 Å². The molecule has 1 aromatic rings. The molecule has 0 aromatic heterocycles. The van der Waals surface area contributed by atoms with Crippen molar-refractivity contribution >= 4 is 5.91 Å². The number of benzene rings is 1. The first-order valence-corrected chi connectivity index (χ1v) is 6.95. The highest BCUT2D eigenvalue weighted by atomic mass is 16.5. The predicted octanol–water partition coefficient (Wildman–Crippen LogP) is 2.28. The second-order valence-electron chi connectivity index (χ2n) is 4.45. The van der Waals surface area contributed by atoms with Gasteiger partial charge in [-0.1, -0.05) is 25.1 Å². The minimum Gasteiger partial charge on any atom is -0.483 e. The second kappa shape index (κ2) is 9.39. The number of aryl methyl sites for hydroxylation is 1. The van der Waals surface area contributed by atoms with Gasteiger partial charge in [0.1, 0.15) is 5.75 Å². The third-order valence-corrected chi connectivity index (χ3v) is 3.04. The fraction of sp³-hybridized carbons (Fsp3) is 0.438. The SMILES string of the molecule is CCc1ccccc1OCC(=O)N(CCC#N)CCC#N. The van der Waals surface area contributed by atoms with Crippen LogP contribution in [0.1, 0.15) is 25.3 Å². The zero-order chi connectivity index (χ0) is 15.5. The summed E-state index contributed by atoms with van der Waals surface area (Å²) in [6.07, 6.45) is 1.34. The maximum atomic E-state index is 12.1. The van der Waals surface area contributed by atoms with Crippen LogP contribution < -0.4 is 4.74 Å². The molecule has 0 aliphatic carbocycles. The topological polar surface area (TPSA) is 77.1 Å². The van der Waals surface area contributed by atoms with Gasteiger partial charge in [-0.25, -0.2) is 0 Å². The predicted molar refractivity (Wildman–Crippen MR) is 78.4 cm³/mol. The van der Waals surface area contributed by atoms with Crippen molar-refractivity contribution in [2.75, 3.05) is 19.7 Å². The van der Waals surface area contributed by atoms with Gasteiger partial charge >= 0.3 is 0 Å². The van der Waals surface area contributed by atoms with Crippen LogP contribution in [0.25, 0.3) is 0 Å². The molecule has 0 radical (unpaired) electrons. The first kappa shape index (κ1) is 16.5. The third-order valence-electron chi connectivity index (χ3n) is 3.04. The minimum atomic E-state index is -0.202. The molecule has 0 saturated heterocycles. The van der Waals surface area contributed by atoms with E-state index < -0.39 is 0 Å². The smallest absolute Gasteiger partial charge is 0.260 e. The molecule has 5 heteroatoms. The summed E-state index contributed by atoms with van der Waals surface area (Å²) in [4.78, 5) is 13.6. The van der Waals surface area contributed by atoms with Gasteiger partial charge in [0, 0.05) is 13.1 Å². The standard InChI is InChI=1S/C16H19N3O2/c1-2-14-7-3-4-8-15(14)21-13-16(20)19(11-5-9-17)12-6-10-18/h3-4,7-8H,2,5-6,11-13H2,1H3. The number of hydrogen-bond acceptors (Lipinski definition) is 4. The lowest BCUT2D eigenvalue weighted by atomic mass is 10.1. The van der Waals surface area contributed by atoms with Crippen molar-refractivity contribution in [1.82, 2.24) is 4.90 Å². The summed E-state index contributed by atoms with van der Waals surface area (Å²) in [5.41, 5.74) is 1.05. The highest BCUT2D eigenvalue weighted by molar-refractivity contribution is 5.77. The maximum absolute atomic E-state index is 12.1. The van der Waals surface area contributed by atoms with Gasteiger partial charge in [-0.2, -0.15) is 10.5 Å². The van der Waals surface area contributed by atoms with E-state index >= 15 is 0 Å². The summed E-state index contributed by atoms with van der Waals surface area (Å²) in [5, 5.41) is 17.2. The number of ether oxygens (including phenoxy) is 1. The highest BCUT2D eigenvalue weighted by Crippen LogP contribution is 2.18. The molecule has 0 fully saturated rings. The lowest BCUT2D eigenvalue weighted by molar-refractivity contribution is -0.133. The van der Waals surface area contributed by atoms with Gasteiger partial charge in [-0.15, -0.1) is 0 Å². The van der Waals surface area contributed by atoms with Gasteiger partial charge < -0.3 is 9.64 Å². The van der Waals surface area contributed by atoms with Crippen LogP contribution in [0.3, 0.4) is 0 Å². The average molecular weight is 285 g/mol. The lowest BCUT2D eigenvalue weighted by Crippen LogP contribution is -2.36. The van der Waals surface area contributed by atoms with Crippen LogP contribution in [-0.4, -0.2) is 30.5 Å². The number of rotatable bonds is 8. The van der Waals surface area contributed by atoms with Crippen molar-refractivity contribution in [1.29, 1.82) is 10.5 Å². The Labute approximate surface area is 125 Å². The van der Waals surface area contributed by atoms with Gasteiger partial charge in [-0.3, -0.25) is 4.79 Å². The fourth-order valence-corrected chi connectivity index (χ4v) is 1.90.